The van der Waals surface area contributed by atoms with Gasteiger partial charge in [0, 0.05) is 41.7 Å². The van der Waals surface area contributed by atoms with E-state index >= 15 is 0 Å². The molecule has 0 amide bonds. The molecule has 1 N–H and O–H groups in total. The zero-order chi connectivity index (χ0) is 12.5. The zero-order valence-corrected chi connectivity index (χ0v) is 11.6. The second kappa shape index (κ2) is 4.78. The largest absolute Gasteiger partial charge is 0.312 e. The van der Waals surface area contributed by atoms with E-state index in [1.165, 1.54) is 28.1 Å². The average Bonchev–Trinajstić information content (AvgIpc) is 2.83. The first-order valence-electron chi connectivity index (χ1n) is 6.42. The molecule has 2 aromatic rings. The molecule has 2 aromatic heterocycles. The van der Waals surface area contributed by atoms with Crippen LogP contribution in [0.4, 0.5) is 0 Å². The number of rotatable bonds is 2. The van der Waals surface area contributed by atoms with Crippen molar-refractivity contribution in [2.75, 3.05) is 6.54 Å². The Morgan fingerprint density at radius 1 is 1.33 bits per heavy atom. The maximum atomic E-state index is 4.78. The number of hydrogen-bond acceptors (Lipinski definition) is 4. The van der Waals surface area contributed by atoms with Crippen molar-refractivity contribution in [1.29, 1.82) is 0 Å². The lowest BCUT2D eigenvalue weighted by Gasteiger charge is -2.19. The van der Waals surface area contributed by atoms with Crippen LogP contribution in [0.1, 0.15) is 29.4 Å². The van der Waals surface area contributed by atoms with E-state index in [2.05, 4.69) is 29.9 Å². The van der Waals surface area contributed by atoms with Crippen molar-refractivity contribution in [2.24, 2.45) is 0 Å². The quantitative estimate of drug-likeness (QED) is 0.901. The lowest BCUT2D eigenvalue weighted by atomic mass is 10.0. The van der Waals surface area contributed by atoms with E-state index in [1.807, 2.05) is 0 Å². The molecule has 18 heavy (non-hydrogen) atoms. The van der Waals surface area contributed by atoms with Crippen LogP contribution in [0, 0.1) is 6.92 Å². The van der Waals surface area contributed by atoms with Gasteiger partial charge in [0.2, 0.25) is 0 Å². The number of nitrogens with one attached hydrogen (secondary N) is 1. The minimum Gasteiger partial charge on any atom is -0.312 e. The van der Waals surface area contributed by atoms with Crippen LogP contribution in [0.2, 0.25) is 0 Å². The van der Waals surface area contributed by atoms with Crippen LogP contribution in [0.15, 0.2) is 10.8 Å². The van der Waals surface area contributed by atoms with Crippen LogP contribution in [0.25, 0.3) is 11.4 Å². The second-order valence-corrected chi connectivity index (χ2v) is 5.41. The second-order valence-electron chi connectivity index (χ2n) is 4.67. The third-order valence-electron chi connectivity index (χ3n) is 3.45. The average molecular weight is 259 g/mol. The van der Waals surface area contributed by atoms with Gasteiger partial charge >= 0.3 is 0 Å². The first-order valence-corrected chi connectivity index (χ1v) is 7.36. The molecule has 3 heterocycles. The molecule has 1 aliphatic heterocycles. The molecule has 0 fully saturated rings. The first kappa shape index (κ1) is 11.8. The van der Waals surface area contributed by atoms with Gasteiger partial charge in [-0.25, -0.2) is 9.97 Å². The zero-order valence-electron chi connectivity index (χ0n) is 10.8. The van der Waals surface area contributed by atoms with Crippen LogP contribution in [0.3, 0.4) is 0 Å². The molecule has 3 nitrogen and oxygen atoms in total. The summed E-state index contributed by atoms with van der Waals surface area (Å²) in [5, 5.41) is 7.71. The Hall–Kier alpha value is -1.26. The SMILES string of the molecule is CCc1nc(-c2cscc2C)nc2c1CNCC2. The molecule has 0 radical (unpaired) electrons. The minimum absolute atomic E-state index is 0.909. The van der Waals surface area contributed by atoms with Crippen molar-refractivity contribution < 1.29 is 0 Å². The van der Waals surface area contributed by atoms with E-state index in [-0.39, 0.29) is 0 Å². The van der Waals surface area contributed by atoms with Gasteiger partial charge in [0.15, 0.2) is 5.82 Å². The minimum atomic E-state index is 0.909. The Morgan fingerprint density at radius 3 is 2.94 bits per heavy atom. The van der Waals surface area contributed by atoms with E-state index in [0.29, 0.717) is 0 Å². The molecule has 0 unspecified atom stereocenters. The molecule has 0 aromatic carbocycles. The number of aromatic nitrogens is 2. The highest BCUT2D eigenvalue weighted by Crippen LogP contribution is 2.26. The molecule has 3 rings (SSSR count). The van der Waals surface area contributed by atoms with Gasteiger partial charge in [-0.2, -0.15) is 11.3 Å². The first-order chi connectivity index (χ1) is 8.79. The van der Waals surface area contributed by atoms with Crippen molar-refractivity contribution in [3.8, 4) is 11.4 Å². The van der Waals surface area contributed by atoms with Crippen LogP contribution in [0.5, 0.6) is 0 Å². The Kier molecular flexibility index (Phi) is 3.14. The van der Waals surface area contributed by atoms with E-state index in [4.69, 9.17) is 9.97 Å². The van der Waals surface area contributed by atoms with Crippen LogP contribution in [-0.4, -0.2) is 16.5 Å². The molecule has 0 spiro atoms. The van der Waals surface area contributed by atoms with Crippen molar-refractivity contribution in [1.82, 2.24) is 15.3 Å². The number of aryl methyl sites for hydroxylation is 2. The maximum absolute atomic E-state index is 4.78. The lowest BCUT2D eigenvalue weighted by molar-refractivity contribution is 0.618. The summed E-state index contributed by atoms with van der Waals surface area (Å²) in [5.74, 6) is 0.909. The van der Waals surface area contributed by atoms with Crippen LogP contribution >= 0.6 is 11.3 Å². The van der Waals surface area contributed by atoms with Gasteiger partial charge in [0.1, 0.15) is 0 Å². The monoisotopic (exact) mass is 259 g/mol. The summed E-state index contributed by atoms with van der Waals surface area (Å²) >= 11 is 1.72. The van der Waals surface area contributed by atoms with E-state index < -0.39 is 0 Å². The fraction of sp³-hybridized carbons (Fsp3) is 0.429. The third kappa shape index (κ3) is 1.95. The van der Waals surface area contributed by atoms with Gasteiger partial charge in [-0.15, -0.1) is 0 Å². The molecular formula is C14H17N3S. The summed E-state index contributed by atoms with van der Waals surface area (Å²) in [5.41, 5.74) is 6.22. The maximum Gasteiger partial charge on any atom is 0.160 e. The topological polar surface area (TPSA) is 37.8 Å². The fourth-order valence-electron chi connectivity index (χ4n) is 2.42. The summed E-state index contributed by atoms with van der Waals surface area (Å²) in [6.45, 7) is 6.24. The molecule has 0 atom stereocenters. The summed E-state index contributed by atoms with van der Waals surface area (Å²) in [4.78, 5) is 9.54. The van der Waals surface area contributed by atoms with Gasteiger partial charge in [-0.1, -0.05) is 6.92 Å². The number of thiophene rings is 1. The van der Waals surface area contributed by atoms with E-state index in [0.717, 1.165) is 31.8 Å². The Balaban J connectivity index is 2.14. The van der Waals surface area contributed by atoms with E-state index in [9.17, 15) is 0 Å². The van der Waals surface area contributed by atoms with Crippen molar-refractivity contribution in [2.45, 2.75) is 33.2 Å². The van der Waals surface area contributed by atoms with Crippen molar-refractivity contribution in [3.63, 3.8) is 0 Å². The molecule has 0 aliphatic carbocycles. The molecular weight excluding hydrogens is 242 g/mol. The Labute approximate surface area is 111 Å². The molecule has 94 valence electrons. The van der Waals surface area contributed by atoms with Crippen LogP contribution < -0.4 is 5.32 Å². The van der Waals surface area contributed by atoms with Crippen molar-refractivity contribution in [3.05, 3.63) is 33.3 Å². The van der Waals surface area contributed by atoms with Gasteiger partial charge in [0.05, 0.1) is 5.69 Å². The molecule has 0 bridgehead atoms. The molecule has 1 aliphatic rings. The van der Waals surface area contributed by atoms with Crippen LogP contribution in [-0.2, 0) is 19.4 Å². The summed E-state index contributed by atoms with van der Waals surface area (Å²) in [7, 11) is 0. The highest BCUT2D eigenvalue weighted by atomic mass is 32.1. The molecule has 0 saturated carbocycles. The summed E-state index contributed by atoms with van der Waals surface area (Å²) in [6, 6.07) is 0. The normalized spacial score (nSPS) is 14.6. The molecule has 0 saturated heterocycles. The number of hydrogen-bond donors (Lipinski definition) is 1. The summed E-state index contributed by atoms with van der Waals surface area (Å²) in [6.07, 6.45) is 1.99. The van der Waals surface area contributed by atoms with E-state index in [1.54, 1.807) is 11.3 Å². The molecule has 4 heteroatoms. The number of nitrogens with zero attached hydrogens (tertiary/aromatic N) is 2. The smallest absolute Gasteiger partial charge is 0.160 e. The predicted octanol–water partition coefficient (Wildman–Crippen LogP) is 2.72. The Morgan fingerprint density at radius 2 is 2.22 bits per heavy atom. The van der Waals surface area contributed by atoms with Gasteiger partial charge in [-0.3, -0.25) is 0 Å². The van der Waals surface area contributed by atoms with Gasteiger partial charge in [0.25, 0.3) is 0 Å². The third-order valence-corrected chi connectivity index (χ3v) is 4.31. The standard InChI is InChI=1S/C14H17N3S/c1-3-12-10-6-15-5-4-13(10)17-14(16-12)11-8-18-7-9(11)2/h7-8,15H,3-6H2,1-2H3. The highest BCUT2D eigenvalue weighted by molar-refractivity contribution is 7.08. The Bertz CT molecular complexity index is 557. The van der Waals surface area contributed by atoms with Gasteiger partial charge in [-0.05, 0) is 24.3 Å². The highest BCUT2D eigenvalue weighted by Gasteiger charge is 2.17. The number of fused-ring (bicyclic) bond motifs is 1. The fourth-order valence-corrected chi connectivity index (χ4v) is 3.24. The predicted molar refractivity (Wildman–Crippen MR) is 74.9 cm³/mol. The summed E-state index contributed by atoms with van der Waals surface area (Å²) < 4.78 is 0. The lowest BCUT2D eigenvalue weighted by Crippen LogP contribution is -2.26. The van der Waals surface area contributed by atoms with Crippen molar-refractivity contribution >= 4 is 11.3 Å². The van der Waals surface area contributed by atoms with Gasteiger partial charge < -0.3 is 5.32 Å².